The summed E-state index contributed by atoms with van der Waals surface area (Å²) in [6.45, 7) is 5.83. The molecule has 0 saturated carbocycles. The van der Waals surface area contributed by atoms with Crippen molar-refractivity contribution in [3.05, 3.63) is 48.6 Å². The van der Waals surface area contributed by atoms with Crippen molar-refractivity contribution in [3.8, 4) is 0 Å². The SMILES string of the molecule is C=C/C=C1/C=CC=CC1C. The van der Waals surface area contributed by atoms with Gasteiger partial charge in [-0.3, -0.25) is 0 Å². The van der Waals surface area contributed by atoms with Crippen LogP contribution in [-0.4, -0.2) is 0 Å². The Kier molecular flexibility index (Phi) is 2.27. The van der Waals surface area contributed by atoms with Gasteiger partial charge in [0.05, 0.1) is 0 Å². The molecule has 52 valence electrons. The molecule has 0 fully saturated rings. The van der Waals surface area contributed by atoms with E-state index in [2.05, 4.69) is 37.8 Å². The van der Waals surface area contributed by atoms with E-state index in [0.29, 0.717) is 5.92 Å². The van der Waals surface area contributed by atoms with Crippen molar-refractivity contribution in [1.29, 1.82) is 0 Å². The fourth-order valence-electron chi connectivity index (χ4n) is 1.00. The molecule has 0 radical (unpaired) electrons. The number of rotatable bonds is 1. The highest BCUT2D eigenvalue weighted by Crippen LogP contribution is 2.17. The first-order valence-corrected chi connectivity index (χ1v) is 3.52. The van der Waals surface area contributed by atoms with E-state index in [0.717, 1.165) is 0 Å². The molecule has 0 saturated heterocycles. The summed E-state index contributed by atoms with van der Waals surface area (Å²) in [4.78, 5) is 0. The first-order valence-electron chi connectivity index (χ1n) is 3.52. The number of hydrogen-bond donors (Lipinski definition) is 0. The Hall–Kier alpha value is -1.04. The van der Waals surface area contributed by atoms with Gasteiger partial charge in [0, 0.05) is 0 Å². The van der Waals surface area contributed by atoms with E-state index in [4.69, 9.17) is 0 Å². The molecule has 1 rings (SSSR count). The van der Waals surface area contributed by atoms with Crippen LogP contribution in [0.2, 0.25) is 0 Å². The quantitative estimate of drug-likeness (QED) is 0.514. The number of allylic oxidation sites excluding steroid dienone is 7. The molecule has 0 heteroatoms. The summed E-state index contributed by atoms with van der Waals surface area (Å²) in [6.07, 6.45) is 12.3. The standard InChI is InChI=1S/C10H12/c1-3-6-10-8-5-4-7-9(10)2/h3-9H,1H2,2H3/b10-6-. The van der Waals surface area contributed by atoms with Crippen molar-refractivity contribution in [1.82, 2.24) is 0 Å². The van der Waals surface area contributed by atoms with Gasteiger partial charge in [-0.05, 0) is 11.5 Å². The fraction of sp³-hybridized carbons (Fsp3) is 0.200. The van der Waals surface area contributed by atoms with Crippen LogP contribution in [0.4, 0.5) is 0 Å². The summed E-state index contributed by atoms with van der Waals surface area (Å²) >= 11 is 0. The Balaban J connectivity index is 2.79. The van der Waals surface area contributed by atoms with Crippen LogP contribution in [-0.2, 0) is 0 Å². The second-order valence-electron chi connectivity index (χ2n) is 2.44. The monoisotopic (exact) mass is 132 g/mol. The maximum atomic E-state index is 3.65. The molecular formula is C10H12. The Morgan fingerprint density at radius 1 is 1.50 bits per heavy atom. The summed E-state index contributed by atoms with van der Waals surface area (Å²) in [6, 6.07) is 0. The predicted molar refractivity (Wildman–Crippen MR) is 45.7 cm³/mol. The maximum absolute atomic E-state index is 3.65. The van der Waals surface area contributed by atoms with Crippen LogP contribution >= 0.6 is 0 Å². The average Bonchev–Trinajstić information content (AvgIpc) is 1.94. The molecule has 10 heavy (non-hydrogen) atoms. The fourth-order valence-corrected chi connectivity index (χ4v) is 1.00. The molecule has 0 nitrogen and oxygen atoms in total. The lowest BCUT2D eigenvalue weighted by Crippen LogP contribution is -1.94. The van der Waals surface area contributed by atoms with Crippen LogP contribution in [0.15, 0.2) is 48.6 Å². The molecule has 1 unspecified atom stereocenters. The molecule has 0 heterocycles. The summed E-state index contributed by atoms with van der Waals surface area (Å²) < 4.78 is 0. The lowest BCUT2D eigenvalue weighted by atomic mass is 9.96. The second kappa shape index (κ2) is 3.21. The van der Waals surface area contributed by atoms with Gasteiger partial charge in [0.15, 0.2) is 0 Å². The van der Waals surface area contributed by atoms with Gasteiger partial charge in [-0.25, -0.2) is 0 Å². The van der Waals surface area contributed by atoms with Gasteiger partial charge in [0.1, 0.15) is 0 Å². The topological polar surface area (TPSA) is 0 Å². The van der Waals surface area contributed by atoms with Crippen LogP contribution in [0.5, 0.6) is 0 Å². The van der Waals surface area contributed by atoms with E-state index in [1.807, 2.05) is 12.2 Å². The minimum absolute atomic E-state index is 0.544. The molecule has 0 aromatic carbocycles. The van der Waals surface area contributed by atoms with Gasteiger partial charge in [0.2, 0.25) is 0 Å². The van der Waals surface area contributed by atoms with Gasteiger partial charge < -0.3 is 0 Å². The van der Waals surface area contributed by atoms with Crippen LogP contribution in [0.1, 0.15) is 6.92 Å². The van der Waals surface area contributed by atoms with Crippen LogP contribution in [0.25, 0.3) is 0 Å². The zero-order chi connectivity index (χ0) is 7.40. The molecule has 0 amide bonds. The summed E-state index contributed by atoms with van der Waals surface area (Å²) in [5.74, 6) is 0.544. The molecule has 0 aromatic heterocycles. The largest absolute Gasteiger partial charge is 0.0991 e. The maximum Gasteiger partial charge on any atom is -0.000732 e. The van der Waals surface area contributed by atoms with Crippen molar-refractivity contribution >= 4 is 0 Å². The van der Waals surface area contributed by atoms with Gasteiger partial charge >= 0.3 is 0 Å². The van der Waals surface area contributed by atoms with E-state index in [1.54, 1.807) is 0 Å². The number of hydrogen-bond acceptors (Lipinski definition) is 0. The molecule has 1 atom stereocenters. The molecule has 0 spiro atoms. The van der Waals surface area contributed by atoms with Crippen molar-refractivity contribution in [3.63, 3.8) is 0 Å². The van der Waals surface area contributed by atoms with Gasteiger partial charge in [-0.15, -0.1) is 0 Å². The normalized spacial score (nSPS) is 27.3. The molecule has 1 aliphatic rings. The second-order valence-corrected chi connectivity index (χ2v) is 2.44. The summed E-state index contributed by atoms with van der Waals surface area (Å²) in [5, 5.41) is 0. The van der Waals surface area contributed by atoms with Crippen LogP contribution in [0, 0.1) is 5.92 Å². The molecular weight excluding hydrogens is 120 g/mol. The van der Waals surface area contributed by atoms with E-state index in [-0.39, 0.29) is 0 Å². The Morgan fingerprint density at radius 3 is 2.90 bits per heavy atom. The first kappa shape index (κ1) is 7.07. The van der Waals surface area contributed by atoms with Crippen LogP contribution in [0.3, 0.4) is 0 Å². The zero-order valence-electron chi connectivity index (χ0n) is 6.25. The molecule has 0 aromatic rings. The molecule has 0 bridgehead atoms. The van der Waals surface area contributed by atoms with Crippen molar-refractivity contribution in [2.24, 2.45) is 5.92 Å². The summed E-state index contributed by atoms with van der Waals surface area (Å²) in [7, 11) is 0. The highest BCUT2D eigenvalue weighted by atomic mass is 14.1. The average molecular weight is 132 g/mol. The predicted octanol–water partition coefficient (Wildman–Crippen LogP) is 2.86. The third kappa shape index (κ3) is 1.47. The molecule has 0 N–H and O–H groups in total. The van der Waals surface area contributed by atoms with E-state index < -0.39 is 0 Å². The van der Waals surface area contributed by atoms with E-state index in [9.17, 15) is 0 Å². The Bertz CT molecular complexity index is 204. The van der Waals surface area contributed by atoms with Crippen molar-refractivity contribution in [2.75, 3.05) is 0 Å². The van der Waals surface area contributed by atoms with E-state index >= 15 is 0 Å². The van der Waals surface area contributed by atoms with Crippen molar-refractivity contribution in [2.45, 2.75) is 6.92 Å². The summed E-state index contributed by atoms with van der Waals surface area (Å²) in [5.41, 5.74) is 1.33. The smallest absolute Gasteiger partial charge is 0.000732 e. The third-order valence-corrected chi connectivity index (χ3v) is 1.64. The minimum Gasteiger partial charge on any atom is -0.0991 e. The van der Waals surface area contributed by atoms with Gasteiger partial charge in [-0.1, -0.05) is 50.0 Å². The lowest BCUT2D eigenvalue weighted by Gasteiger charge is -2.09. The zero-order valence-corrected chi connectivity index (χ0v) is 6.25. The van der Waals surface area contributed by atoms with Crippen molar-refractivity contribution < 1.29 is 0 Å². The van der Waals surface area contributed by atoms with E-state index in [1.165, 1.54) is 5.57 Å². The molecule has 0 aliphatic heterocycles. The molecule has 1 aliphatic carbocycles. The Labute approximate surface area is 62.3 Å². The first-order chi connectivity index (χ1) is 4.84. The highest BCUT2D eigenvalue weighted by molar-refractivity contribution is 5.34. The third-order valence-electron chi connectivity index (χ3n) is 1.64. The highest BCUT2D eigenvalue weighted by Gasteiger charge is 2.01. The Morgan fingerprint density at radius 2 is 2.30 bits per heavy atom. The van der Waals surface area contributed by atoms with Gasteiger partial charge in [-0.2, -0.15) is 0 Å². The van der Waals surface area contributed by atoms with Crippen LogP contribution < -0.4 is 0 Å². The van der Waals surface area contributed by atoms with Gasteiger partial charge in [0.25, 0.3) is 0 Å². The minimum atomic E-state index is 0.544. The lowest BCUT2D eigenvalue weighted by molar-refractivity contribution is 0.884.